The van der Waals surface area contributed by atoms with Gasteiger partial charge in [0.2, 0.25) is 0 Å². The van der Waals surface area contributed by atoms with E-state index in [1.165, 1.54) is 0 Å². The van der Waals surface area contributed by atoms with Gasteiger partial charge in [0.25, 0.3) is 0 Å². The zero-order valence-corrected chi connectivity index (χ0v) is 10.0. The normalized spacial score (nSPS) is 10.4. The third-order valence-electron chi connectivity index (χ3n) is 2.37. The first kappa shape index (κ1) is 14.4. The van der Waals surface area contributed by atoms with E-state index in [1.54, 1.807) is 7.11 Å². The summed E-state index contributed by atoms with van der Waals surface area (Å²) in [7, 11) is 1.58. The van der Waals surface area contributed by atoms with Crippen LogP contribution in [0.15, 0.2) is 12.1 Å². The summed E-state index contributed by atoms with van der Waals surface area (Å²) in [6.07, 6.45) is 1.48. The van der Waals surface area contributed by atoms with Gasteiger partial charge in [0.1, 0.15) is 17.3 Å². The molecule has 0 spiro atoms. The highest BCUT2D eigenvalue weighted by Crippen LogP contribution is 2.20. The zero-order valence-electron chi connectivity index (χ0n) is 10.0. The Balaban J connectivity index is 2.63. The fourth-order valence-electron chi connectivity index (χ4n) is 1.45. The van der Waals surface area contributed by atoms with E-state index in [2.05, 4.69) is 5.32 Å². The van der Waals surface area contributed by atoms with Gasteiger partial charge >= 0.3 is 5.97 Å². The van der Waals surface area contributed by atoms with Crippen LogP contribution in [0.1, 0.15) is 23.2 Å². The molecule has 0 aliphatic rings. The van der Waals surface area contributed by atoms with Crippen molar-refractivity contribution in [1.29, 1.82) is 0 Å². The lowest BCUT2D eigenvalue weighted by atomic mass is 10.2. The maximum atomic E-state index is 13.5. The van der Waals surface area contributed by atoms with Crippen molar-refractivity contribution in [2.45, 2.75) is 12.8 Å². The van der Waals surface area contributed by atoms with Crippen LogP contribution in [-0.4, -0.2) is 31.3 Å². The number of hydrogen-bond acceptors (Lipinski definition) is 3. The van der Waals surface area contributed by atoms with Crippen molar-refractivity contribution in [1.82, 2.24) is 0 Å². The minimum Gasteiger partial charge on any atom is -0.478 e. The number of unbranched alkanes of at least 4 members (excludes halogenated alkanes) is 1. The SMILES string of the molecule is COCCCCNc1c(F)cc(C(=O)O)cc1F. The fourth-order valence-corrected chi connectivity index (χ4v) is 1.45. The van der Waals surface area contributed by atoms with Crippen LogP contribution in [0.5, 0.6) is 0 Å². The number of nitrogens with one attached hydrogen (secondary N) is 1. The Bertz CT molecular complexity index is 401. The first-order valence-corrected chi connectivity index (χ1v) is 5.51. The van der Waals surface area contributed by atoms with E-state index in [-0.39, 0.29) is 5.69 Å². The van der Waals surface area contributed by atoms with Gasteiger partial charge in [0.05, 0.1) is 5.56 Å². The van der Waals surface area contributed by atoms with Gasteiger partial charge in [-0.3, -0.25) is 0 Å². The Kier molecular flexibility index (Phi) is 5.51. The largest absolute Gasteiger partial charge is 0.478 e. The molecular formula is C12H15F2NO3. The third-order valence-corrected chi connectivity index (χ3v) is 2.37. The summed E-state index contributed by atoms with van der Waals surface area (Å²) in [5.74, 6) is -3.17. The summed E-state index contributed by atoms with van der Waals surface area (Å²) in [4.78, 5) is 10.6. The monoisotopic (exact) mass is 259 g/mol. The van der Waals surface area contributed by atoms with E-state index < -0.39 is 23.2 Å². The molecule has 100 valence electrons. The molecule has 0 saturated carbocycles. The molecule has 0 unspecified atom stereocenters. The molecule has 0 radical (unpaired) electrons. The van der Waals surface area contributed by atoms with Crippen molar-refractivity contribution in [2.24, 2.45) is 0 Å². The number of carbonyl (C=O) groups is 1. The van der Waals surface area contributed by atoms with E-state index in [9.17, 15) is 13.6 Å². The number of rotatable bonds is 7. The second-order valence-electron chi connectivity index (χ2n) is 3.75. The van der Waals surface area contributed by atoms with Crippen LogP contribution in [0.25, 0.3) is 0 Å². The van der Waals surface area contributed by atoms with E-state index in [4.69, 9.17) is 9.84 Å². The van der Waals surface area contributed by atoms with Crippen molar-refractivity contribution in [3.63, 3.8) is 0 Å². The smallest absolute Gasteiger partial charge is 0.335 e. The van der Waals surface area contributed by atoms with Crippen LogP contribution in [0.3, 0.4) is 0 Å². The Hall–Kier alpha value is -1.69. The van der Waals surface area contributed by atoms with Gasteiger partial charge in [-0.15, -0.1) is 0 Å². The molecule has 1 aromatic carbocycles. The molecule has 2 N–H and O–H groups in total. The van der Waals surface area contributed by atoms with Crippen molar-refractivity contribution < 1.29 is 23.4 Å². The van der Waals surface area contributed by atoms with Gasteiger partial charge in [0.15, 0.2) is 0 Å². The lowest BCUT2D eigenvalue weighted by Gasteiger charge is -2.09. The predicted octanol–water partition coefficient (Wildman–Crippen LogP) is 2.50. The molecule has 4 nitrogen and oxygen atoms in total. The quantitative estimate of drug-likeness (QED) is 0.739. The topological polar surface area (TPSA) is 58.6 Å². The van der Waals surface area contributed by atoms with Crippen LogP contribution in [0.2, 0.25) is 0 Å². The van der Waals surface area contributed by atoms with Crippen LogP contribution in [0.4, 0.5) is 14.5 Å². The molecule has 0 amide bonds. The number of aromatic carboxylic acids is 1. The summed E-state index contributed by atoms with van der Waals surface area (Å²) < 4.78 is 31.8. The van der Waals surface area contributed by atoms with Crippen LogP contribution < -0.4 is 5.32 Å². The molecule has 0 bridgehead atoms. The summed E-state index contributed by atoms with van der Waals surface area (Å²) in [5.41, 5.74) is -0.702. The Morgan fingerprint density at radius 1 is 1.33 bits per heavy atom. The fraction of sp³-hybridized carbons (Fsp3) is 0.417. The van der Waals surface area contributed by atoms with Gasteiger partial charge in [-0.25, -0.2) is 13.6 Å². The zero-order chi connectivity index (χ0) is 13.5. The first-order chi connectivity index (χ1) is 8.56. The second kappa shape index (κ2) is 6.90. The first-order valence-electron chi connectivity index (χ1n) is 5.51. The summed E-state index contributed by atoms with van der Waals surface area (Å²) >= 11 is 0. The molecule has 1 aromatic rings. The second-order valence-corrected chi connectivity index (χ2v) is 3.75. The molecule has 0 aromatic heterocycles. The van der Waals surface area contributed by atoms with Crippen molar-refractivity contribution in [2.75, 3.05) is 25.6 Å². The number of hydrogen-bond donors (Lipinski definition) is 2. The van der Waals surface area contributed by atoms with E-state index >= 15 is 0 Å². The maximum Gasteiger partial charge on any atom is 0.335 e. The average molecular weight is 259 g/mol. The van der Waals surface area contributed by atoms with Crippen molar-refractivity contribution >= 4 is 11.7 Å². The summed E-state index contributed by atoms with van der Waals surface area (Å²) in [6.45, 7) is 0.980. The number of carboxylic acid groups (broad SMARTS) is 1. The average Bonchev–Trinajstić information content (AvgIpc) is 2.31. The van der Waals surface area contributed by atoms with Gasteiger partial charge in [-0.1, -0.05) is 0 Å². The molecule has 0 saturated heterocycles. The number of methoxy groups -OCH3 is 1. The number of anilines is 1. The van der Waals surface area contributed by atoms with Crippen LogP contribution >= 0.6 is 0 Å². The molecule has 0 heterocycles. The van der Waals surface area contributed by atoms with E-state index in [1.807, 2.05) is 0 Å². The highest BCUT2D eigenvalue weighted by molar-refractivity contribution is 5.88. The number of benzene rings is 1. The standard InChI is InChI=1S/C12H15F2NO3/c1-18-5-3-2-4-15-11-9(13)6-8(12(16)17)7-10(11)14/h6-7,15H,2-5H2,1H3,(H,16,17). The van der Waals surface area contributed by atoms with Gasteiger partial charge in [-0.05, 0) is 25.0 Å². The molecule has 6 heteroatoms. The Morgan fingerprint density at radius 3 is 2.44 bits per heavy atom. The number of halogens is 2. The Morgan fingerprint density at radius 2 is 1.94 bits per heavy atom. The third kappa shape index (κ3) is 3.96. The van der Waals surface area contributed by atoms with Crippen LogP contribution in [0, 0.1) is 11.6 Å². The molecule has 18 heavy (non-hydrogen) atoms. The van der Waals surface area contributed by atoms with Crippen LogP contribution in [-0.2, 0) is 4.74 Å². The Labute approximate surface area is 104 Å². The van der Waals surface area contributed by atoms with E-state index in [0.717, 1.165) is 18.6 Å². The van der Waals surface area contributed by atoms with E-state index in [0.29, 0.717) is 19.6 Å². The minimum atomic E-state index is -1.36. The predicted molar refractivity (Wildman–Crippen MR) is 62.9 cm³/mol. The molecular weight excluding hydrogens is 244 g/mol. The highest BCUT2D eigenvalue weighted by atomic mass is 19.1. The lowest BCUT2D eigenvalue weighted by Crippen LogP contribution is -2.08. The molecule has 1 rings (SSSR count). The van der Waals surface area contributed by atoms with Gasteiger partial charge < -0.3 is 15.2 Å². The summed E-state index contributed by atoms with van der Waals surface area (Å²) in [5, 5.41) is 11.2. The maximum absolute atomic E-state index is 13.5. The molecule has 0 aliphatic heterocycles. The minimum absolute atomic E-state index is 0.294. The number of ether oxygens (including phenoxy) is 1. The number of carboxylic acids is 1. The van der Waals surface area contributed by atoms with Crippen molar-refractivity contribution in [3.05, 3.63) is 29.3 Å². The molecule has 0 aliphatic carbocycles. The van der Waals surface area contributed by atoms with Crippen molar-refractivity contribution in [3.8, 4) is 0 Å². The molecule has 0 fully saturated rings. The highest BCUT2D eigenvalue weighted by Gasteiger charge is 2.13. The van der Waals surface area contributed by atoms with Gasteiger partial charge in [-0.2, -0.15) is 0 Å². The summed E-state index contributed by atoms with van der Waals surface area (Å²) in [6, 6.07) is 1.59. The van der Waals surface area contributed by atoms with Gasteiger partial charge in [0, 0.05) is 20.3 Å². The lowest BCUT2D eigenvalue weighted by molar-refractivity contribution is 0.0696. The molecule has 0 atom stereocenters.